The Bertz CT molecular complexity index is 852. The van der Waals surface area contributed by atoms with Crippen LogP contribution >= 0.6 is 11.8 Å². The minimum atomic E-state index is -0.496. The molecule has 0 aliphatic rings. The lowest BCUT2D eigenvalue weighted by Gasteiger charge is -2.10. The van der Waals surface area contributed by atoms with Crippen LogP contribution in [0, 0.1) is 10.1 Å². The monoisotopic (exact) mass is 344 g/mol. The van der Waals surface area contributed by atoms with Gasteiger partial charge < -0.3 is 4.74 Å². The Kier molecular flexibility index (Phi) is 4.66. The average Bonchev–Trinajstić information content (AvgIpc) is 3.04. The number of nitrogens with zero attached hydrogens (tertiary/aromatic N) is 6. The molecule has 0 amide bonds. The van der Waals surface area contributed by atoms with E-state index in [0.29, 0.717) is 28.2 Å². The number of hydrogen-bond acceptors (Lipinski definition) is 8. The first kappa shape index (κ1) is 15.9. The van der Waals surface area contributed by atoms with Gasteiger partial charge in [0.05, 0.1) is 11.5 Å². The van der Waals surface area contributed by atoms with Gasteiger partial charge in [0.25, 0.3) is 5.69 Å². The number of benzene rings is 1. The van der Waals surface area contributed by atoms with E-state index in [2.05, 4.69) is 20.5 Å². The number of nitro groups is 1. The molecule has 0 bridgehead atoms. The van der Waals surface area contributed by atoms with Gasteiger partial charge in [0, 0.05) is 6.07 Å². The number of ether oxygens (including phenoxy) is 1. The topological polar surface area (TPSA) is 109 Å². The zero-order valence-corrected chi connectivity index (χ0v) is 13.4. The lowest BCUT2D eigenvalue weighted by molar-refractivity contribution is -0.385. The third-order valence-corrected chi connectivity index (χ3v) is 3.85. The molecule has 0 aliphatic carbocycles. The van der Waals surface area contributed by atoms with Crippen LogP contribution in [0.2, 0.25) is 0 Å². The van der Waals surface area contributed by atoms with Crippen LogP contribution < -0.4 is 4.74 Å². The number of pyridine rings is 1. The van der Waals surface area contributed by atoms with Gasteiger partial charge in [-0.3, -0.25) is 10.1 Å². The highest BCUT2D eigenvalue weighted by molar-refractivity contribution is 7.99. The fourth-order valence-electron chi connectivity index (χ4n) is 1.94. The molecule has 0 atom stereocenters. The quantitative estimate of drug-likeness (QED) is 0.495. The molecule has 9 nitrogen and oxygen atoms in total. The van der Waals surface area contributed by atoms with E-state index < -0.39 is 4.92 Å². The van der Waals surface area contributed by atoms with Crippen molar-refractivity contribution in [1.29, 1.82) is 0 Å². The largest absolute Gasteiger partial charge is 0.492 e. The summed E-state index contributed by atoms with van der Waals surface area (Å²) >= 11 is 1.20. The van der Waals surface area contributed by atoms with Crippen molar-refractivity contribution >= 4 is 17.4 Å². The highest BCUT2D eigenvalue weighted by Gasteiger charge is 2.15. The Balaban J connectivity index is 1.90. The van der Waals surface area contributed by atoms with Gasteiger partial charge in [0.2, 0.25) is 5.16 Å². The predicted molar refractivity (Wildman–Crippen MR) is 85.3 cm³/mol. The molecule has 10 heteroatoms. The summed E-state index contributed by atoms with van der Waals surface area (Å²) in [5.41, 5.74) is 0.634. The van der Waals surface area contributed by atoms with Gasteiger partial charge in [0.15, 0.2) is 0 Å². The molecular formula is C14H12N6O3S. The summed E-state index contributed by atoms with van der Waals surface area (Å²) in [5, 5.41) is 23.4. The first-order valence-electron chi connectivity index (χ1n) is 6.98. The minimum Gasteiger partial charge on any atom is -0.492 e. The molecule has 0 unspecified atom stereocenters. The number of rotatable bonds is 6. The molecule has 0 spiro atoms. The van der Waals surface area contributed by atoms with Crippen molar-refractivity contribution in [2.24, 2.45) is 0 Å². The van der Waals surface area contributed by atoms with Crippen molar-refractivity contribution in [3.8, 4) is 11.4 Å². The molecule has 0 fully saturated rings. The number of para-hydroxylation sites is 2. The predicted octanol–water partition coefficient (Wildman–Crippen LogP) is 2.52. The lowest BCUT2D eigenvalue weighted by Crippen LogP contribution is -2.03. The molecule has 0 N–H and O–H groups in total. The smallest absolute Gasteiger partial charge is 0.287 e. The van der Waals surface area contributed by atoms with Crippen LogP contribution in [0.15, 0.2) is 52.8 Å². The normalized spacial score (nSPS) is 10.5. The van der Waals surface area contributed by atoms with Crippen molar-refractivity contribution in [1.82, 2.24) is 25.2 Å². The van der Waals surface area contributed by atoms with Gasteiger partial charge in [0.1, 0.15) is 22.7 Å². The zero-order chi connectivity index (χ0) is 16.9. The minimum absolute atomic E-state index is 0.0689. The summed E-state index contributed by atoms with van der Waals surface area (Å²) in [6, 6.07) is 10.3. The molecule has 3 rings (SSSR count). The van der Waals surface area contributed by atoms with Crippen molar-refractivity contribution in [2.45, 2.75) is 17.1 Å². The van der Waals surface area contributed by atoms with Crippen molar-refractivity contribution < 1.29 is 9.66 Å². The van der Waals surface area contributed by atoms with E-state index >= 15 is 0 Å². The van der Waals surface area contributed by atoms with Crippen molar-refractivity contribution in [3.63, 3.8) is 0 Å². The molecule has 2 heterocycles. The Morgan fingerprint density at radius 3 is 2.83 bits per heavy atom. The van der Waals surface area contributed by atoms with E-state index in [0.717, 1.165) is 0 Å². The van der Waals surface area contributed by atoms with Gasteiger partial charge >= 0.3 is 0 Å². The van der Waals surface area contributed by atoms with Crippen LogP contribution in [-0.4, -0.2) is 36.7 Å². The first-order valence-corrected chi connectivity index (χ1v) is 7.79. The third kappa shape index (κ3) is 3.33. The second kappa shape index (κ2) is 7.04. The number of tetrazole rings is 1. The molecule has 2 aromatic heterocycles. The standard InChI is InChI=1S/C14H12N6O3S/c1-2-23-12-6-4-3-5-11(12)19-14(16-17-18-19)24-13-8-7-10(9-15-13)20(21)22/h3-9H,2H2,1H3. The molecule has 0 radical (unpaired) electrons. The van der Waals surface area contributed by atoms with Gasteiger partial charge in [-0.05, 0) is 47.3 Å². The maximum absolute atomic E-state index is 10.7. The summed E-state index contributed by atoms with van der Waals surface area (Å²) in [6.07, 6.45) is 1.20. The van der Waals surface area contributed by atoms with Gasteiger partial charge in [-0.25, -0.2) is 4.98 Å². The van der Waals surface area contributed by atoms with E-state index in [9.17, 15) is 10.1 Å². The first-order chi connectivity index (χ1) is 11.7. The molecule has 24 heavy (non-hydrogen) atoms. The van der Waals surface area contributed by atoms with Gasteiger partial charge in [-0.1, -0.05) is 12.1 Å². The highest BCUT2D eigenvalue weighted by Crippen LogP contribution is 2.29. The van der Waals surface area contributed by atoms with E-state index in [1.807, 2.05) is 31.2 Å². The summed E-state index contributed by atoms with van der Waals surface area (Å²) in [6.45, 7) is 2.42. The van der Waals surface area contributed by atoms with E-state index in [1.54, 1.807) is 10.7 Å². The van der Waals surface area contributed by atoms with Crippen molar-refractivity contribution in [3.05, 3.63) is 52.7 Å². The maximum atomic E-state index is 10.7. The van der Waals surface area contributed by atoms with Crippen LogP contribution in [-0.2, 0) is 0 Å². The van der Waals surface area contributed by atoms with Crippen molar-refractivity contribution in [2.75, 3.05) is 6.61 Å². The van der Waals surface area contributed by atoms with Gasteiger partial charge in [-0.2, -0.15) is 4.68 Å². The van der Waals surface area contributed by atoms with E-state index in [-0.39, 0.29) is 5.69 Å². The van der Waals surface area contributed by atoms with E-state index in [4.69, 9.17) is 4.74 Å². The van der Waals surface area contributed by atoms with Crippen LogP contribution in [0.25, 0.3) is 5.69 Å². The Labute approximate surface area is 140 Å². The second-order valence-electron chi connectivity index (χ2n) is 4.49. The Morgan fingerprint density at radius 1 is 1.29 bits per heavy atom. The molecule has 0 saturated heterocycles. The summed E-state index contributed by atoms with van der Waals surface area (Å²) in [5.74, 6) is 0.658. The molecule has 1 aromatic carbocycles. The Morgan fingerprint density at radius 2 is 2.12 bits per heavy atom. The van der Waals surface area contributed by atoms with Crippen LogP contribution in [0.4, 0.5) is 5.69 Å². The molecular weight excluding hydrogens is 332 g/mol. The average molecular weight is 344 g/mol. The Hall–Kier alpha value is -3.01. The SMILES string of the molecule is CCOc1ccccc1-n1nnnc1Sc1ccc([N+](=O)[O-])cn1. The summed E-state index contributed by atoms with van der Waals surface area (Å²) in [4.78, 5) is 14.2. The van der Waals surface area contributed by atoms with Crippen LogP contribution in [0.1, 0.15) is 6.92 Å². The van der Waals surface area contributed by atoms with E-state index in [1.165, 1.54) is 24.0 Å². The summed E-state index contributed by atoms with van der Waals surface area (Å²) in [7, 11) is 0. The number of aromatic nitrogens is 5. The van der Waals surface area contributed by atoms with Crippen LogP contribution in [0.3, 0.4) is 0 Å². The highest BCUT2D eigenvalue weighted by atomic mass is 32.2. The fraction of sp³-hybridized carbons (Fsp3) is 0.143. The molecule has 3 aromatic rings. The molecule has 0 aliphatic heterocycles. The second-order valence-corrected chi connectivity index (χ2v) is 5.48. The fourth-order valence-corrected chi connectivity index (χ4v) is 2.67. The third-order valence-electron chi connectivity index (χ3n) is 2.96. The van der Waals surface area contributed by atoms with Crippen LogP contribution in [0.5, 0.6) is 5.75 Å². The van der Waals surface area contributed by atoms with Gasteiger partial charge in [-0.15, -0.1) is 5.10 Å². The summed E-state index contributed by atoms with van der Waals surface area (Å²) < 4.78 is 7.13. The lowest BCUT2D eigenvalue weighted by atomic mass is 10.3. The zero-order valence-electron chi connectivity index (χ0n) is 12.6. The number of hydrogen-bond donors (Lipinski definition) is 0. The molecule has 0 saturated carbocycles. The maximum Gasteiger partial charge on any atom is 0.287 e. The molecule has 122 valence electrons.